The van der Waals surface area contributed by atoms with Gasteiger partial charge in [0.25, 0.3) is 0 Å². The molecule has 1 heterocycles. The standard InChI is InChI=1S/C13H18N4O/c1-17(5-9-14-6-15-16-9)13(18)12-10-7-2-3-8(4-7)11(10)12/h6-8,10-12H,2-5H2,1H3,(H,14,15,16). The minimum absolute atomic E-state index is 0.318. The SMILES string of the molecule is CN(Cc1ncn[nH]1)C(=O)C1C2C3CCC(C3)C12. The number of nitrogens with one attached hydrogen (secondary N) is 1. The molecule has 5 heteroatoms. The van der Waals surface area contributed by atoms with Gasteiger partial charge in [-0.15, -0.1) is 0 Å². The molecule has 1 aromatic rings. The van der Waals surface area contributed by atoms with Gasteiger partial charge in [0.1, 0.15) is 12.2 Å². The van der Waals surface area contributed by atoms with Crippen LogP contribution in [0, 0.1) is 29.6 Å². The summed E-state index contributed by atoms with van der Waals surface area (Å²) in [5.41, 5.74) is 0. The van der Waals surface area contributed by atoms with Crippen LogP contribution in [0.3, 0.4) is 0 Å². The van der Waals surface area contributed by atoms with E-state index in [1.165, 1.54) is 25.6 Å². The summed E-state index contributed by atoms with van der Waals surface area (Å²) in [6.45, 7) is 0.546. The number of aromatic amines is 1. The number of hydrogen-bond donors (Lipinski definition) is 1. The van der Waals surface area contributed by atoms with E-state index >= 15 is 0 Å². The Kier molecular flexibility index (Phi) is 2.08. The summed E-state index contributed by atoms with van der Waals surface area (Å²) in [7, 11) is 1.88. The maximum atomic E-state index is 12.4. The monoisotopic (exact) mass is 246 g/mol. The fraction of sp³-hybridized carbons (Fsp3) is 0.769. The van der Waals surface area contributed by atoms with Crippen LogP contribution in [0.15, 0.2) is 6.33 Å². The molecule has 0 aromatic carbocycles. The van der Waals surface area contributed by atoms with Crippen LogP contribution in [0.1, 0.15) is 25.1 Å². The predicted octanol–water partition coefficient (Wildman–Crippen LogP) is 1.06. The van der Waals surface area contributed by atoms with Crippen molar-refractivity contribution in [1.82, 2.24) is 20.1 Å². The smallest absolute Gasteiger partial charge is 0.226 e. The molecule has 1 aromatic heterocycles. The van der Waals surface area contributed by atoms with Crippen LogP contribution >= 0.6 is 0 Å². The van der Waals surface area contributed by atoms with Crippen molar-refractivity contribution in [3.63, 3.8) is 0 Å². The summed E-state index contributed by atoms with van der Waals surface area (Å²) < 4.78 is 0. The van der Waals surface area contributed by atoms with Gasteiger partial charge in [-0.3, -0.25) is 9.89 Å². The lowest BCUT2D eigenvalue weighted by atomic mass is 10.0. The lowest BCUT2D eigenvalue weighted by Gasteiger charge is -2.17. The highest BCUT2D eigenvalue weighted by Crippen LogP contribution is 2.69. The highest BCUT2D eigenvalue weighted by Gasteiger charge is 2.67. The van der Waals surface area contributed by atoms with Gasteiger partial charge in [-0.25, -0.2) is 4.98 Å². The molecule has 2 bridgehead atoms. The van der Waals surface area contributed by atoms with Crippen LogP contribution in [0.4, 0.5) is 0 Å². The van der Waals surface area contributed by atoms with Gasteiger partial charge in [-0.2, -0.15) is 5.10 Å². The van der Waals surface area contributed by atoms with Gasteiger partial charge >= 0.3 is 0 Å². The van der Waals surface area contributed by atoms with Crippen LogP contribution in [-0.4, -0.2) is 33.0 Å². The molecule has 1 N–H and O–H groups in total. The van der Waals surface area contributed by atoms with E-state index < -0.39 is 0 Å². The molecule has 3 saturated carbocycles. The second-order valence-corrected chi connectivity index (χ2v) is 6.14. The summed E-state index contributed by atoms with van der Waals surface area (Å²) >= 11 is 0. The maximum Gasteiger partial charge on any atom is 0.226 e. The summed E-state index contributed by atoms with van der Waals surface area (Å²) in [5, 5.41) is 6.62. The van der Waals surface area contributed by atoms with Gasteiger partial charge in [0.15, 0.2) is 0 Å². The second-order valence-electron chi connectivity index (χ2n) is 6.14. The van der Waals surface area contributed by atoms with E-state index in [4.69, 9.17) is 0 Å². The number of rotatable bonds is 3. The average Bonchev–Trinajstić information content (AvgIpc) is 2.81. The first-order valence-corrected chi connectivity index (χ1v) is 6.85. The molecule has 96 valence electrons. The van der Waals surface area contributed by atoms with E-state index in [9.17, 15) is 4.79 Å². The summed E-state index contributed by atoms with van der Waals surface area (Å²) in [4.78, 5) is 18.3. The van der Waals surface area contributed by atoms with Gasteiger partial charge in [-0.1, -0.05) is 0 Å². The summed E-state index contributed by atoms with van der Waals surface area (Å²) in [5.74, 6) is 4.55. The number of fused-ring (bicyclic) bond motifs is 5. The molecule has 0 radical (unpaired) electrons. The van der Waals surface area contributed by atoms with E-state index in [0.29, 0.717) is 30.2 Å². The predicted molar refractivity (Wildman–Crippen MR) is 64.2 cm³/mol. The van der Waals surface area contributed by atoms with Crippen LogP contribution in [-0.2, 0) is 11.3 Å². The van der Waals surface area contributed by atoms with E-state index in [2.05, 4.69) is 15.2 Å². The minimum atomic E-state index is 0.318. The molecule has 3 aliphatic carbocycles. The van der Waals surface area contributed by atoms with Crippen molar-refractivity contribution in [3.05, 3.63) is 12.2 Å². The van der Waals surface area contributed by atoms with Crippen LogP contribution in [0.2, 0.25) is 0 Å². The first-order valence-electron chi connectivity index (χ1n) is 6.85. The molecule has 0 aliphatic heterocycles. The molecule has 0 spiro atoms. The topological polar surface area (TPSA) is 61.9 Å². The number of carbonyl (C=O) groups is 1. The van der Waals surface area contributed by atoms with Crippen molar-refractivity contribution in [3.8, 4) is 0 Å². The summed E-state index contributed by atoms with van der Waals surface area (Å²) in [6.07, 6.45) is 5.60. The van der Waals surface area contributed by atoms with Gasteiger partial charge < -0.3 is 4.90 Å². The minimum Gasteiger partial charge on any atom is -0.338 e. The van der Waals surface area contributed by atoms with E-state index in [0.717, 1.165) is 17.7 Å². The first kappa shape index (κ1) is 10.5. The van der Waals surface area contributed by atoms with Crippen LogP contribution < -0.4 is 0 Å². The number of aromatic nitrogens is 3. The zero-order valence-corrected chi connectivity index (χ0v) is 10.5. The molecule has 0 saturated heterocycles. The second kappa shape index (κ2) is 3.56. The molecule has 4 atom stereocenters. The van der Waals surface area contributed by atoms with E-state index in [1.54, 1.807) is 0 Å². The molecule has 4 rings (SSSR count). The quantitative estimate of drug-likeness (QED) is 0.867. The Hall–Kier alpha value is -1.39. The maximum absolute atomic E-state index is 12.4. The van der Waals surface area contributed by atoms with Gasteiger partial charge in [0.05, 0.1) is 6.54 Å². The van der Waals surface area contributed by atoms with Crippen molar-refractivity contribution < 1.29 is 4.79 Å². The lowest BCUT2D eigenvalue weighted by molar-refractivity contribution is -0.133. The fourth-order valence-electron chi connectivity index (χ4n) is 4.52. The lowest BCUT2D eigenvalue weighted by Crippen LogP contribution is -2.30. The zero-order valence-electron chi connectivity index (χ0n) is 10.5. The first-order chi connectivity index (χ1) is 8.75. The molecule has 18 heavy (non-hydrogen) atoms. The van der Waals surface area contributed by atoms with E-state index in [-0.39, 0.29) is 0 Å². The Balaban J connectivity index is 1.43. The molecule has 4 unspecified atom stereocenters. The third kappa shape index (κ3) is 1.36. The van der Waals surface area contributed by atoms with Gasteiger partial charge in [0.2, 0.25) is 5.91 Å². The average molecular weight is 246 g/mol. The molecule has 5 nitrogen and oxygen atoms in total. The van der Waals surface area contributed by atoms with Crippen LogP contribution in [0.5, 0.6) is 0 Å². The van der Waals surface area contributed by atoms with Crippen molar-refractivity contribution >= 4 is 5.91 Å². The molecule has 1 amide bonds. The largest absolute Gasteiger partial charge is 0.338 e. The van der Waals surface area contributed by atoms with E-state index in [1.807, 2.05) is 11.9 Å². The third-order valence-electron chi connectivity index (χ3n) is 5.25. The normalized spacial score (nSPS) is 39.7. The van der Waals surface area contributed by atoms with Gasteiger partial charge in [0, 0.05) is 13.0 Å². The van der Waals surface area contributed by atoms with Crippen molar-refractivity contribution in [2.75, 3.05) is 7.05 Å². The molecular weight excluding hydrogens is 228 g/mol. The molecular formula is C13H18N4O. The fourth-order valence-corrected chi connectivity index (χ4v) is 4.52. The Morgan fingerprint density at radius 2 is 2.17 bits per heavy atom. The molecule has 3 fully saturated rings. The number of carbonyl (C=O) groups excluding carboxylic acids is 1. The summed E-state index contributed by atoms with van der Waals surface area (Å²) in [6, 6.07) is 0. The Labute approximate surface area is 106 Å². The van der Waals surface area contributed by atoms with Crippen molar-refractivity contribution in [1.29, 1.82) is 0 Å². The highest BCUT2D eigenvalue weighted by molar-refractivity contribution is 5.82. The van der Waals surface area contributed by atoms with Crippen molar-refractivity contribution in [2.24, 2.45) is 29.6 Å². The molecule has 3 aliphatic rings. The number of amides is 1. The third-order valence-corrected chi connectivity index (χ3v) is 5.25. The van der Waals surface area contributed by atoms with Gasteiger partial charge in [-0.05, 0) is 42.9 Å². The number of nitrogens with zero attached hydrogens (tertiary/aromatic N) is 3. The highest BCUT2D eigenvalue weighted by atomic mass is 16.2. The Bertz CT molecular complexity index is 455. The van der Waals surface area contributed by atoms with Crippen LogP contribution in [0.25, 0.3) is 0 Å². The zero-order chi connectivity index (χ0) is 12.3. The Morgan fingerprint density at radius 1 is 1.44 bits per heavy atom. The number of H-pyrrole nitrogens is 1. The Morgan fingerprint density at radius 3 is 2.78 bits per heavy atom. The number of hydrogen-bond acceptors (Lipinski definition) is 3. The van der Waals surface area contributed by atoms with Crippen molar-refractivity contribution in [2.45, 2.75) is 25.8 Å².